The van der Waals surface area contributed by atoms with E-state index in [9.17, 15) is 0 Å². The van der Waals surface area contributed by atoms with E-state index in [1.54, 1.807) is 0 Å². The minimum atomic E-state index is 0.681. The molecule has 0 spiro atoms. The van der Waals surface area contributed by atoms with Crippen molar-refractivity contribution < 1.29 is 4.42 Å². The smallest absolute Gasteiger partial charge is 0.160 e. The highest BCUT2D eigenvalue weighted by Gasteiger charge is 2.17. The first-order chi connectivity index (χ1) is 26.2. The van der Waals surface area contributed by atoms with E-state index in [0.717, 1.165) is 77.8 Å². The number of hydrogen-bond acceptors (Lipinski definition) is 3. The van der Waals surface area contributed by atoms with Gasteiger partial charge in [-0.05, 0) is 81.1 Å². The van der Waals surface area contributed by atoms with E-state index in [-0.39, 0.29) is 0 Å². The second-order valence-electron chi connectivity index (χ2n) is 13.4. The zero-order valence-electron chi connectivity index (χ0n) is 28.8. The Bertz CT molecular complexity index is 2950. The van der Waals surface area contributed by atoms with Gasteiger partial charge in [-0.15, -0.1) is 0 Å². The van der Waals surface area contributed by atoms with Crippen LogP contribution in [0, 0.1) is 0 Å². The topological polar surface area (TPSA) is 38.9 Å². The number of benzene rings is 8. The Hall–Kier alpha value is -7.10. The number of aromatic nitrogens is 2. The molecule has 0 unspecified atom stereocenters. The Morgan fingerprint density at radius 3 is 1.75 bits per heavy atom. The maximum atomic E-state index is 6.56. The normalized spacial score (nSPS) is 11.4. The van der Waals surface area contributed by atoms with E-state index in [1.807, 2.05) is 36.4 Å². The van der Waals surface area contributed by atoms with Crippen LogP contribution in [0.5, 0.6) is 0 Å². The molecule has 0 fully saturated rings. The van der Waals surface area contributed by atoms with Gasteiger partial charge in [0, 0.05) is 33.0 Å². The molecule has 2 aromatic heterocycles. The molecule has 0 saturated heterocycles. The van der Waals surface area contributed by atoms with Crippen LogP contribution in [0.25, 0.3) is 100.0 Å². The van der Waals surface area contributed by atoms with Gasteiger partial charge < -0.3 is 4.42 Å². The predicted molar refractivity (Wildman–Crippen MR) is 219 cm³/mol. The quantitative estimate of drug-likeness (QED) is 0.176. The second-order valence-corrected chi connectivity index (χ2v) is 13.4. The Kier molecular flexibility index (Phi) is 7.47. The highest BCUT2D eigenvalue weighted by atomic mass is 16.3. The minimum absolute atomic E-state index is 0.681. The number of fused-ring (bicyclic) bond motifs is 4. The van der Waals surface area contributed by atoms with Crippen molar-refractivity contribution in [3.8, 4) is 67.3 Å². The van der Waals surface area contributed by atoms with E-state index >= 15 is 0 Å². The standard InChI is InChI=1S/C50H32N2O/c1-3-13-33(14-4-1)37-19-11-20-39(28-37)46-32-47(52-50(51-46)35-16-5-2-6-17-35)42-30-40(38-26-25-34-15-7-8-18-36(34)27-38)29-41(31-42)43-22-12-23-45-44-21-9-10-24-48(44)53-49(43)45/h1-32H. The van der Waals surface area contributed by atoms with Crippen molar-refractivity contribution in [1.29, 1.82) is 0 Å². The number of rotatable bonds is 6. The fraction of sp³-hybridized carbons (Fsp3) is 0. The maximum absolute atomic E-state index is 6.56. The summed E-state index contributed by atoms with van der Waals surface area (Å²) in [4.78, 5) is 10.4. The van der Waals surface area contributed by atoms with E-state index in [0.29, 0.717) is 5.82 Å². The number of para-hydroxylation sites is 2. The van der Waals surface area contributed by atoms with E-state index in [2.05, 4.69) is 158 Å². The Morgan fingerprint density at radius 2 is 0.906 bits per heavy atom. The average molecular weight is 677 g/mol. The van der Waals surface area contributed by atoms with Gasteiger partial charge in [0.2, 0.25) is 0 Å². The van der Waals surface area contributed by atoms with Gasteiger partial charge in [-0.1, -0.05) is 152 Å². The van der Waals surface area contributed by atoms with Crippen LogP contribution >= 0.6 is 0 Å². The SMILES string of the molecule is c1ccc(-c2cccc(-c3cc(-c4cc(-c5ccc6ccccc6c5)cc(-c5cccc6c5oc5ccccc56)c4)nc(-c4ccccc4)n3)c2)cc1. The maximum Gasteiger partial charge on any atom is 0.160 e. The molecule has 0 aliphatic heterocycles. The lowest BCUT2D eigenvalue weighted by Gasteiger charge is -2.14. The molecule has 10 aromatic rings. The van der Waals surface area contributed by atoms with Crippen molar-refractivity contribution in [3.63, 3.8) is 0 Å². The van der Waals surface area contributed by atoms with Crippen LogP contribution in [0.4, 0.5) is 0 Å². The molecule has 0 atom stereocenters. The van der Waals surface area contributed by atoms with Gasteiger partial charge in [0.05, 0.1) is 11.4 Å². The van der Waals surface area contributed by atoms with Crippen molar-refractivity contribution in [2.24, 2.45) is 0 Å². The summed E-state index contributed by atoms with van der Waals surface area (Å²) in [6.45, 7) is 0. The van der Waals surface area contributed by atoms with Crippen molar-refractivity contribution >= 4 is 32.7 Å². The molecule has 3 heteroatoms. The molecule has 8 aromatic carbocycles. The van der Waals surface area contributed by atoms with Gasteiger partial charge >= 0.3 is 0 Å². The van der Waals surface area contributed by atoms with Gasteiger partial charge in [0.25, 0.3) is 0 Å². The second kappa shape index (κ2) is 12.9. The molecule has 53 heavy (non-hydrogen) atoms. The number of hydrogen-bond donors (Lipinski definition) is 0. The summed E-state index contributed by atoms with van der Waals surface area (Å²) in [7, 11) is 0. The lowest BCUT2D eigenvalue weighted by Crippen LogP contribution is -1.97. The number of furan rings is 1. The van der Waals surface area contributed by atoms with Crippen molar-refractivity contribution in [1.82, 2.24) is 9.97 Å². The largest absolute Gasteiger partial charge is 0.455 e. The van der Waals surface area contributed by atoms with Gasteiger partial charge in [0.1, 0.15) is 11.2 Å². The van der Waals surface area contributed by atoms with Crippen molar-refractivity contribution in [2.75, 3.05) is 0 Å². The van der Waals surface area contributed by atoms with Crippen LogP contribution in [-0.2, 0) is 0 Å². The summed E-state index contributed by atoms with van der Waals surface area (Å²) in [5, 5.41) is 4.63. The first kappa shape index (κ1) is 30.7. The summed E-state index contributed by atoms with van der Waals surface area (Å²) >= 11 is 0. The monoisotopic (exact) mass is 676 g/mol. The Labute approximate surface area is 307 Å². The van der Waals surface area contributed by atoms with Crippen LogP contribution in [-0.4, -0.2) is 9.97 Å². The third-order valence-corrected chi connectivity index (χ3v) is 10.1. The molecule has 0 saturated carbocycles. The van der Waals surface area contributed by atoms with Gasteiger partial charge in [0.15, 0.2) is 5.82 Å². The van der Waals surface area contributed by atoms with Crippen LogP contribution in [0.3, 0.4) is 0 Å². The van der Waals surface area contributed by atoms with E-state index in [1.165, 1.54) is 16.3 Å². The summed E-state index contributed by atoms with van der Waals surface area (Å²) in [5.74, 6) is 0.681. The summed E-state index contributed by atoms with van der Waals surface area (Å²) < 4.78 is 6.56. The molecular weight excluding hydrogens is 645 g/mol. The van der Waals surface area contributed by atoms with Crippen LogP contribution in [0.1, 0.15) is 0 Å². The Morgan fingerprint density at radius 1 is 0.321 bits per heavy atom. The highest BCUT2D eigenvalue weighted by molar-refractivity contribution is 6.10. The summed E-state index contributed by atoms with van der Waals surface area (Å²) in [6.07, 6.45) is 0. The third-order valence-electron chi connectivity index (χ3n) is 10.1. The van der Waals surface area contributed by atoms with Crippen LogP contribution < -0.4 is 0 Å². The molecule has 248 valence electrons. The van der Waals surface area contributed by atoms with Crippen LogP contribution in [0.15, 0.2) is 199 Å². The lowest BCUT2D eigenvalue weighted by atomic mass is 9.92. The fourth-order valence-corrected chi connectivity index (χ4v) is 7.39. The van der Waals surface area contributed by atoms with E-state index in [4.69, 9.17) is 14.4 Å². The average Bonchev–Trinajstić information content (AvgIpc) is 3.63. The van der Waals surface area contributed by atoms with E-state index < -0.39 is 0 Å². The molecule has 10 rings (SSSR count). The van der Waals surface area contributed by atoms with Gasteiger partial charge in [-0.3, -0.25) is 0 Å². The third kappa shape index (κ3) is 5.75. The molecule has 0 radical (unpaired) electrons. The zero-order valence-corrected chi connectivity index (χ0v) is 28.8. The first-order valence-electron chi connectivity index (χ1n) is 17.9. The zero-order chi connectivity index (χ0) is 35.1. The minimum Gasteiger partial charge on any atom is -0.455 e. The van der Waals surface area contributed by atoms with Crippen molar-refractivity contribution in [3.05, 3.63) is 194 Å². The molecule has 0 bridgehead atoms. The van der Waals surface area contributed by atoms with Gasteiger partial charge in [-0.25, -0.2) is 9.97 Å². The highest BCUT2D eigenvalue weighted by Crippen LogP contribution is 2.40. The molecule has 0 N–H and O–H groups in total. The van der Waals surface area contributed by atoms with Gasteiger partial charge in [-0.2, -0.15) is 0 Å². The Balaban J connectivity index is 1.21. The molecule has 0 amide bonds. The number of nitrogens with zero attached hydrogens (tertiary/aromatic N) is 2. The molecular formula is C50H32N2O. The lowest BCUT2D eigenvalue weighted by molar-refractivity contribution is 0.670. The molecule has 2 heterocycles. The van der Waals surface area contributed by atoms with Crippen molar-refractivity contribution in [2.45, 2.75) is 0 Å². The summed E-state index contributed by atoms with van der Waals surface area (Å²) in [6, 6.07) is 68.1. The molecule has 0 aliphatic carbocycles. The molecule has 0 aliphatic rings. The summed E-state index contributed by atoms with van der Waals surface area (Å²) in [5.41, 5.74) is 13.1. The predicted octanol–water partition coefficient (Wildman–Crippen LogP) is 13.5. The molecule has 3 nitrogen and oxygen atoms in total. The fourth-order valence-electron chi connectivity index (χ4n) is 7.39. The van der Waals surface area contributed by atoms with Crippen LogP contribution in [0.2, 0.25) is 0 Å². The first-order valence-corrected chi connectivity index (χ1v) is 17.9.